The number of carbonyl (C=O) groups is 1. The van der Waals surface area contributed by atoms with Crippen molar-refractivity contribution in [2.24, 2.45) is 0 Å². The van der Waals surface area contributed by atoms with Crippen molar-refractivity contribution in [3.8, 4) is 0 Å². The molecule has 1 amide bonds. The Kier molecular flexibility index (Phi) is 5.82. The molecule has 0 radical (unpaired) electrons. The van der Waals surface area contributed by atoms with E-state index in [9.17, 15) is 4.79 Å². The van der Waals surface area contributed by atoms with E-state index in [1.807, 2.05) is 41.7 Å². The number of thioether (sulfide) groups is 1. The standard InChI is InChI=1S/C18H22N4OS/c1-24-18-20-11-15(12-21-18)10-19-16-9-17(23)22(13-16)8-7-14-5-3-2-4-6-14/h2-6,11-12,16,19H,7-10,13H2,1H3/t16-/m1/s1. The highest BCUT2D eigenvalue weighted by Gasteiger charge is 2.28. The Morgan fingerprint density at radius 3 is 2.67 bits per heavy atom. The first kappa shape index (κ1) is 16.9. The molecular weight excluding hydrogens is 320 g/mol. The number of nitrogens with one attached hydrogen (secondary N) is 1. The van der Waals surface area contributed by atoms with Gasteiger partial charge < -0.3 is 10.2 Å². The van der Waals surface area contributed by atoms with Gasteiger partial charge in [-0.25, -0.2) is 9.97 Å². The lowest BCUT2D eigenvalue weighted by Crippen LogP contribution is -2.33. The smallest absolute Gasteiger partial charge is 0.224 e. The molecule has 24 heavy (non-hydrogen) atoms. The molecule has 0 unspecified atom stereocenters. The van der Waals surface area contributed by atoms with Gasteiger partial charge in [-0.3, -0.25) is 4.79 Å². The summed E-state index contributed by atoms with van der Waals surface area (Å²) in [4.78, 5) is 22.7. The van der Waals surface area contributed by atoms with E-state index in [1.54, 1.807) is 0 Å². The molecule has 1 fully saturated rings. The summed E-state index contributed by atoms with van der Waals surface area (Å²) in [5.74, 6) is 0.234. The van der Waals surface area contributed by atoms with E-state index in [4.69, 9.17) is 0 Å². The molecule has 2 heterocycles. The predicted octanol–water partition coefficient (Wildman–Crippen LogP) is 2.13. The molecule has 1 aliphatic rings. The summed E-state index contributed by atoms with van der Waals surface area (Å²) in [7, 11) is 0. The number of benzene rings is 1. The van der Waals surface area contributed by atoms with Gasteiger partial charge in [0, 0.05) is 50.1 Å². The average molecular weight is 342 g/mol. The van der Waals surface area contributed by atoms with E-state index >= 15 is 0 Å². The van der Waals surface area contributed by atoms with Gasteiger partial charge in [0.2, 0.25) is 5.91 Å². The quantitative estimate of drug-likeness (QED) is 0.617. The fraction of sp³-hybridized carbons (Fsp3) is 0.389. The van der Waals surface area contributed by atoms with Crippen LogP contribution in [0, 0.1) is 0 Å². The van der Waals surface area contributed by atoms with Crippen LogP contribution in [0.25, 0.3) is 0 Å². The molecule has 0 saturated carbocycles. The molecule has 6 heteroatoms. The van der Waals surface area contributed by atoms with Crippen LogP contribution in [-0.4, -0.2) is 46.2 Å². The maximum atomic E-state index is 12.2. The topological polar surface area (TPSA) is 58.1 Å². The average Bonchev–Trinajstić information content (AvgIpc) is 2.99. The first-order chi connectivity index (χ1) is 11.7. The van der Waals surface area contributed by atoms with E-state index in [2.05, 4.69) is 27.4 Å². The molecule has 2 aromatic rings. The number of aromatic nitrogens is 2. The van der Waals surface area contributed by atoms with E-state index in [-0.39, 0.29) is 11.9 Å². The van der Waals surface area contributed by atoms with Crippen LogP contribution in [0.4, 0.5) is 0 Å². The molecule has 0 aliphatic carbocycles. The van der Waals surface area contributed by atoms with Gasteiger partial charge in [-0.15, -0.1) is 0 Å². The van der Waals surface area contributed by atoms with Crippen LogP contribution in [0.5, 0.6) is 0 Å². The number of rotatable bonds is 7. The molecule has 1 saturated heterocycles. The van der Waals surface area contributed by atoms with Crippen molar-refractivity contribution in [2.75, 3.05) is 19.3 Å². The van der Waals surface area contributed by atoms with Gasteiger partial charge in [-0.1, -0.05) is 42.1 Å². The summed E-state index contributed by atoms with van der Waals surface area (Å²) < 4.78 is 0. The van der Waals surface area contributed by atoms with Gasteiger partial charge in [0.25, 0.3) is 0 Å². The molecule has 3 rings (SSSR count). The molecule has 1 aromatic heterocycles. The minimum absolute atomic E-state index is 0.202. The van der Waals surface area contributed by atoms with Crippen molar-refractivity contribution in [2.45, 2.75) is 30.6 Å². The minimum atomic E-state index is 0.202. The molecule has 1 atom stereocenters. The van der Waals surface area contributed by atoms with E-state index in [0.717, 1.165) is 30.2 Å². The normalized spacial score (nSPS) is 17.5. The number of amides is 1. The molecular formula is C18H22N4OS. The summed E-state index contributed by atoms with van der Waals surface area (Å²) in [6.45, 7) is 2.25. The van der Waals surface area contributed by atoms with Crippen LogP contribution >= 0.6 is 11.8 Å². The molecule has 0 spiro atoms. The Hall–Kier alpha value is -1.92. The summed E-state index contributed by atoms with van der Waals surface area (Å²) in [6, 6.07) is 10.5. The van der Waals surface area contributed by atoms with Crippen molar-refractivity contribution in [3.05, 3.63) is 53.9 Å². The summed E-state index contributed by atoms with van der Waals surface area (Å²) in [5.41, 5.74) is 2.32. The third kappa shape index (κ3) is 4.55. The van der Waals surface area contributed by atoms with Crippen LogP contribution in [0.15, 0.2) is 47.9 Å². The Bertz CT molecular complexity index is 662. The fourth-order valence-corrected chi connectivity index (χ4v) is 3.15. The lowest BCUT2D eigenvalue weighted by Gasteiger charge is -2.17. The highest BCUT2D eigenvalue weighted by atomic mass is 32.2. The third-order valence-electron chi connectivity index (χ3n) is 4.19. The first-order valence-electron chi connectivity index (χ1n) is 8.14. The lowest BCUT2D eigenvalue weighted by molar-refractivity contribution is -0.127. The van der Waals surface area contributed by atoms with Crippen LogP contribution in [0.1, 0.15) is 17.5 Å². The maximum Gasteiger partial charge on any atom is 0.224 e. The van der Waals surface area contributed by atoms with Crippen LogP contribution in [0.3, 0.4) is 0 Å². The van der Waals surface area contributed by atoms with Crippen LogP contribution < -0.4 is 5.32 Å². The second-order valence-electron chi connectivity index (χ2n) is 5.94. The maximum absolute atomic E-state index is 12.2. The van der Waals surface area contributed by atoms with Crippen molar-refractivity contribution in [3.63, 3.8) is 0 Å². The molecule has 0 bridgehead atoms. The molecule has 1 N–H and O–H groups in total. The largest absolute Gasteiger partial charge is 0.341 e. The minimum Gasteiger partial charge on any atom is -0.341 e. The number of likely N-dealkylation sites (tertiary alicyclic amines) is 1. The Morgan fingerprint density at radius 1 is 1.21 bits per heavy atom. The van der Waals surface area contributed by atoms with Gasteiger partial charge in [0.1, 0.15) is 0 Å². The lowest BCUT2D eigenvalue weighted by atomic mass is 10.1. The molecule has 1 aromatic carbocycles. The Balaban J connectivity index is 1.45. The Labute approximate surface area is 146 Å². The zero-order valence-corrected chi connectivity index (χ0v) is 14.6. The second-order valence-corrected chi connectivity index (χ2v) is 6.71. The third-order valence-corrected chi connectivity index (χ3v) is 4.76. The number of nitrogens with zero attached hydrogens (tertiary/aromatic N) is 3. The van der Waals surface area contributed by atoms with Gasteiger partial charge in [0.15, 0.2) is 5.16 Å². The first-order valence-corrected chi connectivity index (χ1v) is 9.37. The van der Waals surface area contributed by atoms with Crippen molar-refractivity contribution in [1.82, 2.24) is 20.2 Å². The summed E-state index contributed by atoms with van der Waals surface area (Å²) in [5, 5.41) is 4.22. The zero-order valence-electron chi connectivity index (χ0n) is 13.8. The Morgan fingerprint density at radius 2 is 1.96 bits per heavy atom. The fourth-order valence-electron chi connectivity index (χ4n) is 2.84. The SMILES string of the molecule is CSc1ncc(CN[C@@H]2CC(=O)N(CCc3ccccc3)C2)cn1. The van der Waals surface area contributed by atoms with Crippen molar-refractivity contribution in [1.29, 1.82) is 0 Å². The second kappa shape index (κ2) is 8.26. The predicted molar refractivity (Wildman–Crippen MR) is 95.8 cm³/mol. The van der Waals surface area contributed by atoms with Crippen LogP contribution in [-0.2, 0) is 17.8 Å². The van der Waals surface area contributed by atoms with Crippen molar-refractivity contribution >= 4 is 17.7 Å². The van der Waals surface area contributed by atoms with Gasteiger partial charge in [-0.05, 0) is 18.2 Å². The van der Waals surface area contributed by atoms with E-state index in [1.165, 1.54) is 17.3 Å². The zero-order chi connectivity index (χ0) is 16.8. The molecule has 1 aliphatic heterocycles. The number of carbonyl (C=O) groups excluding carboxylic acids is 1. The summed E-state index contributed by atoms with van der Waals surface area (Å²) >= 11 is 1.53. The number of hydrogen-bond donors (Lipinski definition) is 1. The number of hydrogen-bond acceptors (Lipinski definition) is 5. The highest BCUT2D eigenvalue weighted by Crippen LogP contribution is 2.13. The van der Waals surface area contributed by atoms with Gasteiger partial charge in [0.05, 0.1) is 0 Å². The molecule has 126 valence electrons. The van der Waals surface area contributed by atoms with Crippen LogP contribution in [0.2, 0.25) is 0 Å². The van der Waals surface area contributed by atoms with Gasteiger partial charge >= 0.3 is 0 Å². The van der Waals surface area contributed by atoms with E-state index in [0.29, 0.717) is 13.0 Å². The van der Waals surface area contributed by atoms with Gasteiger partial charge in [-0.2, -0.15) is 0 Å². The van der Waals surface area contributed by atoms with E-state index < -0.39 is 0 Å². The van der Waals surface area contributed by atoms with Crippen molar-refractivity contribution < 1.29 is 4.79 Å². The monoisotopic (exact) mass is 342 g/mol. The highest BCUT2D eigenvalue weighted by molar-refractivity contribution is 7.98. The summed E-state index contributed by atoms with van der Waals surface area (Å²) in [6.07, 6.45) is 7.12. The molecule has 5 nitrogen and oxygen atoms in total.